The van der Waals surface area contributed by atoms with Crippen molar-refractivity contribution in [2.45, 2.75) is 6.42 Å². The van der Waals surface area contributed by atoms with Crippen LogP contribution < -0.4 is 10.2 Å². The van der Waals surface area contributed by atoms with Crippen molar-refractivity contribution >= 4 is 34.0 Å². The van der Waals surface area contributed by atoms with Crippen LogP contribution in [0.2, 0.25) is 5.02 Å². The minimum Gasteiger partial charge on any atom is -0.316 e. The van der Waals surface area contributed by atoms with E-state index < -0.39 is 0 Å². The highest BCUT2D eigenvalue weighted by Gasteiger charge is 2.29. The summed E-state index contributed by atoms with van der Waals surface area (Å²) in [4.78, 5) is 18.5. The summed E-state index contributed by atoms with van der Waals surface area (Å²) in [6, 6.07) is 7.43. The zero-order valence-corrected chi connectivity index (χ0v) is 13.2. The summed E-state index contributed by atoms with van der Waals surface area (Å²) in [5.41, 5.74) is 0.848. The first-order valence-corrected chi connectivity index (χ1v) is 8.05. The van der Waals surface area contributed by atoms with Gasteiger partial charge in [0.05, 0.1) is 10.8 Å². The lowest BCUT2D eigenvalue weighted by atomic mass is 10.1. The Bertz CT molecular complexity index is 733. The molecule has 1 saturated heterocycles. The second kappa shape index (κ2) is 6.44. The molecule has 1 fully saturated rings. The Morgan fingerprint density at radius 3 is 3.00 bits per heavy atom. The number of amides is 1. The quantitative estimate of drug-likeness (QED) is 0.693. The fourth-order valence-electron chi connectivity index (χ4n) is 2.39. The Labute approximate surface area is 137 Å². The van der Waals surface area contributed by atoms with Crippen molar-refractivity contribution in [2.24, 2.45) is 5.92 Å². The Morgan fingerprint density at radius 1 is 1.50 bits per heavy atom. The number of hydrogen-bond donors (Lipinski definition) is 1. The first kappa shape index (κ1) is 15.0. The van der Waals surface area contributed by atoms with Crippen LogP contribution in [-0.4, -0.2) is 24.0 Å². The molecule has 1 aliphatic rings. The smallest absolute Gasteiger partial charge is 0.246 e. The number of benzene rings is 1. The van der Waals surface area contributed by atoms with E-state index in [1.54, 1.807) is 12.3 Å². The van der Waals surface area contributed by atoms with Crippen LogP contribution in [0, 0.1) is 17.4 Å². The first-order chi connectivity index (χ1) is 10.7. The molecule has 0 aliphatic carbocycles. The molecule has 112 valence electrons. The summed E-state index contributed by atoms with van der Waals surface area (Å²) >= 11 is 7.46. The third-order valence-electron chi connectivity index (χ3n) is 3.55. The van der Waals surface area contributed by atoms with Crippen LogP contribution in [0.25, 0.3) is 10.4 Å². The van der Waals surface area contributed by atoms with Crippen molar-refractivity contribution in [3.05, 3.63) is 35.5 Å². The molecule has 0 radical (unpaired) electrons. The van der Waals surface area contributed by atoms with Gasteiger partial charge in [-0.25, -0.2) is 4.98 Å². The van der Waals surface area contributed by atoms with Crippen molar-refractivity contribution in [2.75, 3.05) is 18.0 Å². The average Bonchev–Trinajstić information content (AvgIpc) is 3.20. The number of carbonyl (C=O) groups excluding carboxylic acids is 1. The summed E-state index contributed by atoms with van der Waals surface area (Å²) in [7, 11) is 0. The van der Waals surface area contributed by atoms with E-state index in [0.29, 0.717) is 16.7 Å². The fraction of sp³-hybridized carbons (Fsp3) is 0.267. The largest absolute Gasteiger partial charge is 0.316 e. The zero-order valence-electron chi connectivity index (χ0n) is 11.6. The molecular weight excluding hydrogens is 320 g/mol. The highest BCUT2D eigenvalue weighted by atomic mass is 35.5. The van der Waals surface area contributed by atoms with Crippen LogP contribution in [0.15, 0.2) is 30.5 Å². The molecule has 22 heavy (non-hydrogen) atoms. The molecule has 7 heteroatoms. The van der Waals surface area contributed by atoms with Crippen LogP contribution in [-0.2, 0) is 4.79 Å². The van der Waals surface area contributed by atoms with E-state index in [2.05, 4.69) is 10.3 Å². The van der Waals surface area contributed by atoms with E-state index in [4.69, 9.17) is 11.6 Å². The van der Waals surface area contributed by atoms with Crippen molar-refractivity contribution in [3.8, 4) is 16.6 Å². The number of anilines is 1. The Morgan fingerprint density at radius 2 is 2.32 bits per heavy atom. The summed E-state index contributed by atoms with van der Waals surface area (Å²) in [6.07, 6.45) is 4.34. The third kappa shape index (κ3) is 2.83. The topological polar surface area (TPSA) is 69.0 Å². The number of halogens is 1. The van der Waals surface area contributed by atoms with Crippen molar-refractivity contribution in [1.82, 2.24) is 10.3 Å². The molecule has 1 amide bonds. The normalized spacial score (nSPS) is 17.2. The molecule has 1 atom stereocenters. The predicted molar refractivity (Wildman–Crippen MR) is 86.6 cm³/mol. The summed E-state index contributed by atoms with van der Waals surface area (Å²) in [5, 5.41) is 13.5. The van der Waals surface area contributed by atoms with Gasteiger partial charge in [0.15, 0.2) is 6.19 Å². The number of hydrogen-bond acceptors (Lipinski definition) is 5. The number of nitrogens with zero attached hydrogens (tertiary/aromatic N) is 3. The third-order valence-corrected chi connectivity index (χ3v) is 4.90. The molecule has 0 spiro atoms. The van der Waals surface area contributed by atoms with Crippen LogP contribution in [0.4, 0.5) is 5.13 Å². The van der Waals surface area contributed by atoms with E-state index in [9.17, 15) is 10.1 Å². The van der Waals surface area contributed by atoms with Gasteiger partial charge in [-0.2, -0.15) is 10.2 Å². The monoisotopic (exact) mass is 332 g/mol. The molecule has 0 saturated carbocycles. The SMILES string of the molecule is N#CN(C(=O)C1CCNC1)c1ncc(-c2ccccc2Cl)s1. The first-order valence-electron chi connectivity index (χ1n) is 6.86. The minimum atomic E-state index is -0.201. The molecule has 1 unspecified atom stereocenters. The maximum atomic E-state index is 12.4. The van der Waals surface area contributed by atoms with Gasteiger partial charge in [0, 0.05) is 23.3 Å². The van der Waals surface area contributed by atoms with Gasteiger partial charge in [0.25, 0.3) is 0 Å². The van der Waals surface area contributed by atoms with Gasteiger partial charge in [0.2, 0.25) is 11.0 Å². The number of carbonyl (C=O) groups is 1. The lowest BCUT2D eigenvalue weighted by molar-refractivity contribution is -0.121. The van der Waals surface area contributed by atoms with E-state index in [1.807, 2.05) is 24.4 Å². The summed E-state index contributed by atoms with van der Waals surface area (Å²) < 4.78 is 0. The number of nitriles is 1. The van der Waals surface area contributed by atoms with E-state index >= 15 is 0 Å². The molecule has 3 rings (SSSR count). The van der Waals surface area contributed by atoms with Gasteiger partial charge in [-0.05, 0) is 19.0 Å². The molecule has 2 aromatic rings. The number of nitrogens with one attached hydrogen (secondary N) is 1. The van der Waals surface area contributed by atoms with E-state index in [1.165, 1.54) is 11.3 Å². The Hall–Kier alpha value is -1.94. The fourth-order valence-corrected chi connectivity index (χ4v) is 3.60. The zero-order chi connectivity index (χ0) is 15.5. The molecule has 1 aromatic carbocycles. The molecular formula is C15H13ClN4OS. The second-order valence-electron chi connectivity index (χ2n) is 4.95. The van der Waals surface area contributed by atoms with Gasteiger partial charge in [-0.1, -0.05) is 41.1 Å². The van der Waals surface area contributed by atoms with Crippen LogP contribution in [0.3, 0.4) is 0 Å². The van der Waals surface area contributed by atoms with Crippen LogP contribution in [0.1, 0.15) is 6.42 Å². The molecule has 1 aromatic heterocycles. The van der Waals surface area contributed by atoms with Crippen LogP contribution in [0.5, 0.6) is 0 Å². The highest BCUT2D eigenvalue weighted by Crippen LogP contribution is 2.35. The van der Waals surface area contributed by atoms with Crippen molar-refractivity contribution in [1.29, 1.82) is 5.26 Å². The van der Waals surface area contributed by atoms with Gasteiger partial charge in [-0.3, -0.25) is 4.79 Å². The molecule has 1 N–H and O–H groups in total. The summed E-state index contributed by atoms with van der Waals surface area (Å²) in [6.45, 7) is 1.41. The van der Waals surface area contributed by atoms with Crippen molar-refractivity contribution < 1.29 is 4.79 Å². The lowest BCUT2D eigenvalue weighted by Crippen LogP contribution is -2.33. The Balaban J connectivity index is 1.87. The van der Waals surface area contributed by atoms with Gasteiger partial charge >= 0.3 is 0 Å². The number of thiazole rings is 1. The second-order valence-corrected chi connectivity index (χ2v) is 6.37. The van der Waals surface area contributed by atoms with Gasteiger partial charge in [-0.15, -0.1) is 0 Å². The summed E-state index contributed by atoms with van der Waals surface area (Å²) in [5.74, 6) is -0.361. The van der Waals surface area contributed by atoms with Gasteiger partial charge in [0.1, 0.15) is 0 Å². The molecule has 1 aliphatic heterocycles. The highest BCUT2D eigenvalue weighted by molar-refractivity contribution is 7.19. The van der Waals surface area contributed by atoms with Crippen LogP contribution >= 0.6 is 22.9 Å². The van der Waals surface area contributed by atoms with E-state index in [-0.39, 0.29) is 11.8 Å². The van der Waals surface area contributed by atoms with E-state index in [0.717, 1.165) is 28.3 Å². The maximum absolute atomic E-state index is 12.4. The predicted octanol–water partition coefficient (Wildman–Crippen LogP) is 2.89. The minimum absolute atomic E-state index is 0.160. The lowest BCUT2D eigenvalue weighted by Gasteiger charge is -2.14. The maximum Gasteiger partial charge on any atom is 0.246 e. The van der Waals surface area contributed by atoms with Crippen molar-refractivity contribution in [3.63, 3.8) is 0 Å². The molecule has 0 bridgehead atoms. The number of aromatic nitrogens is 1. The molecule has 2 heterocycles. The standard InChI is InChI=1S/C15H13ClN4OS/c16-12-4-2-1-3-11(12)13-8-19-15(22-13)20(9-17)14(21)10-5-6-18-7-10/h1-4,8,10,18H,5-7H2. The number of rotatable bonds is 3. The average molecular weight is 333 g/mol. The Kier molecular flexibility index (Phi) is 4.39. The van der Waals surface area contributed by atoms with Gasteiger partial charge < -0.3 is 5.32 Å². The molecule has 5 nitrogen and oxygen atoms in total.